The monoisotopic (exact) mass is 242 g/mol. The molecule has 90 valence electrons. The number of hydrogen-bond donors (Lipinski definition) is 0. The molecule has 0 amide bonds. The lowest BCUT2D eigenvalue weighted by atomic mass is 10.1. The molecule has 0 bridgehead atoms. The number of hydrogen-bond acceptors (Lipinski definition) is 2. The van der Waals surface area contributed by atoms with Crippen LogP contribution in [0.15, 0.2) is 16.7 Å². The molecule has 0 radical (unpaired) electrons. The third kappa shape index (κ3) is 4.40. The summed E-state index contributed by atoms with van der Waals surface area (Å²) in [7, 11) is 0. The average molecular weight is 243 g/mol. The van der Waals surface area contributed by atoms with Gasteiger partial charge in [-0.1, -0.05) is 39.0 Å². The molecule has 1 heterocycles. The van der Waals surface area contributed by atoms with Gasteiger partial charge in [-0.3, -0.25) is 4.79 Å². The molecule has 0 aliphatic heterocycles. The van der Waals surface area contributed by atoms with Crippen LogP contribution in [0.4, 0.5) is 0 Å². The van der Waals surface area contributed by atoms with E-state index in [1.165, 1.54) is 31.9 Å². The van der Waals surface area contributed by atoms with Crippen molar-refractivity contribution in [3.63, 3.8) is 0 Å². The number of unbranched alkanes of at least 4 members (excludes halogenated alkanes) is 5. The van der Waals surface area contributed by atoms with Crippen LogP contribution in [0.5, 0.6) is 0 Å². The Morgan fingerprint density at radius 3 is 2.56 bits per heavy atom. The van der Waals surface area contributed by atoms with Crippen molar-refractivity contribution >= 4 is 17.4 Å². The van der Waals surface area contributed by atoms with E-state index in [0.717, 1.165) is 12.8 Å². The Kier molecular flexibility index (Phi) is 6.24. The Morgan fingerprint density at radius 2 is 1.94 bits per heavy atom. The highest BCUT2D eigenvalue weighted by atomic mass is 35.5. The molecule has 0 aliphatic carbocycles. The van der Waals surface area contributed by atoms with Crippen molar-refractivity contribution in [3.05, 3.63) is 23.1 Å². The second kappa shape index (κ2) is 7.50. The number of rotatable bonds is 8. The van der Waals surface area contributed by atoms with Gasteiger partial charge in [0, 0.05) is 6.42 Å². The van der Waals surface area contributed by atoms with E-state index in [1.54, 1.807) is 6.07 Å². The van der Waals surface area contributed by atoms with Crippen LogP contribution in [0.1, 0.15) is 62.2 Å². The quantitative estimate of drug-likeness (QED) is 0.481. The number of Topliss-reactive ketones (excluding diaryl/α,β-unsaturated/α-hetero) is 1. The first-order valence-electron chi connectivity index (χ1n) is 6.02. The molecule has 0 N–H and O–H groups in total. The minimum absolute atomic E-state index is 0.0919. The molecule has 16 heavy (non-hydrogen) atoms. The maximum absolute atomic E-state index is 11.7. The maximum atomic E-state index is 11.7. The van der Waals surface area contributed by atoms with Gasteiger partial charge in [-0.05, 0) is 24.1 Å². The zero-order chi connectivity index (χ0) is 11.8. The molecule has 0 unspecified atom stereocenters. The first-order valence-corrected chi connectivity index (χ1v) is 6.39. The zero-order valence-corrected chi connectivity index (χ0v) is 10.6. The number of ketones is 1. The molecule has 0 saturated carbocycles. The van der Waals surface area contributed by atoms with Gasteiger partial charge in [-0.15, -0.1) is 0 Å². The summed E-state index contributed by atoms with van der Waals surface area (Å²) >= 11 is 5.73. The molecule has 0 spiro atoms. The Bertz CT molecular complexity index is 317. The predicted octanol–water partition coefficient (Wildman–Crippen LogP) is 4.87. The number of halogens is 1. The summed E-state index contributed by atoms with van der Waals surface area (Å²) in [6.07, 6.45) is 9.15. The van der Waals surface area contributed by atoms with E-state index >= 15 is 0 Å². The fraction of sp³-hybridized carbons (Fsp3) is 0.615. The zero-order valence-electron chi connectivity index (χ0n) is 9.80. The van der Waals surface area contributed by atoms with Crippen LogP contribution >= 0.6 is 11.6 Å². The Balaban J connectivity index is 2.14. The summed E-state index contributed by atoms with van der Waals surface area (Å²) in [6, 6.07) is 1.64. The number of carbonyl (C=O) groups excluding carboxylic acids is 1. The summed E-state index contributed by atoms with van der Waals surface area (Å²) in [6.45, 7) is 2.20. The Hall–Kier alpha value is -0.760. The summed E-state index contributed by atoms with van der Waals surface area (Å²) in [5, 5.41) is 0.219. The predicted molar refractivity (Wildman–Crippen MR) is 66.0 cm³/mol. The normalized spacial score (nSPS) is 10.6. The van der Waals surface area contributed by atoms with Gasteiger partial charge in [0.25, 0.3) is 0 Å². The Morgan fingerprint density at radius 1 is 1.25 bits per heavy atom. The van der Waals surface area contributed by atoms with Gasteiger partial charge in [0.1, 0.15) is 0 Å². The first-order chi connectivity index (χ1) is 7.75. The lowest BCUT2D eigenvalue weighted by Crippen LogP contribution is -1.97. The van der Waals surface area contributed by atoms with Gasteiger partial charge in [-0.25, -0.2) is 0 Å². The summed E-state index contributed by atoms with van der Waals surface area (Å²) < 4.78 is 4.89. The molecule has 1 aromatic heterocycles. The van der Waals surface area contributed by atoms with Crippen LogP contribution in [0.3, 0.4) is 0 Å². The van der Waals surface area contributed by atoms with Crippen molar-refractivity contribution in [2.75, 3.05) is 0 Å². The smallest absolute Gasteiger partial charge is 0.203 e. The highest BCUT2D eigenvalue weighted by Crippen LogP contribution is 2.19. The minimum atomic E-state index is 0.0919. The highest BCUT2D eigenvalue weighted by molar-refractivity contribution is 6.32. The summed E-state index contributed by atoms with van der Waals surface area (Å²) in [5.41, 5.74) is 0.523. The third-order valence-electron chi connectivity index (χ3n) is 2.68. The lowest BCUT2D eigenvalue weighted by molar-refractivity contribution is 0.0978. The molecule has 1 aromatic rings. The van der Waals surface area contributed by atoms with E-state index in [9.17, 15) is 4.79 Å². The lowest BCUT2D eigenvalue weighted by Gasteiger charge is -2.00. The van der Waals surface area contributed by atoms with Crippen molar-refractivity contribution in [3.8, 4) is 0 Å². The standard InChI is InChI=1S/C13H19ClO2/c1-2-3-4-5-6-7-8-12(15)11-9-10-16-13(11)14/h9-10H,2-8H2,1H3. The second-order valence-corrected chi connectivity index (χ2v) is 4.39. The van der Waals surface area contributed by atoms with Gasteiger partial charge in [0.15, 0.2) is 5.78 Å². The van der Waals surface area contributed by atoms with Crippen molar-refractivity contribution in [1.29, 1.82) is 0 Å². The largest absolute Gasteiger partial charge is 0.452 e. The van der Waals surface area contributed by atoms with E-state index in [1.807, 2.05) is 0 Å². The molecule has 0 aliphatic rings. The molecule has 0 aromatic carbocycles. The minimum Gasteiger partial charge on any atom is -0.452 e. The van der Waals surface area contributed by atoms with Crippen molar-refractivity contribution in [2.45, 2.75) is 51.9 Å². The highest BCUT2D eigenvalue weighted by Gasteiger charge is 2.11. The molecule has 1 rings (SSSR count). The van der Waals surface area contributed by atoms with Gasteiger partial charge >= 0.3 is 0 Å². The van der Waals surface area contributed by atoms with E-state index in [-0.39, 0.29) is 11.0 Å². The van der Waals surface area contributed by atoms with Crippen LogP contribution in [-0.4, -0.2) is 5.78 Å². The first kappa shape index (κ1) is 13.3. The van der Waals surface area contributed by atoms with Gasteiger partial charge in [-0.2, -0.15) is 0 Å². The topological polar surface area (TPSA) is 30.2 Å². The van der Waals surface area contributed by atoms with Gasteiger partial charge < -0.3 is 4.42 Å². The van der Waals surface area contributed by atoms with Crippen molar-refractivity contribution < 1.29 is 9.21 Å². The number of carbonyl (C=O) groups is 1. The second-order valence-electron chi connectivity index (χ2n) is 4.05. The van der Waals surface area contributed by atoms with E-state index in [0.29, 0.717) is 12.0 Å². The summed E-state index contributed by atoms with van der Waals surface area (Å²) in [5.74, 6) is 0.0919. The molecule has 2 nitrogen and oxygen atoms in total. The maximum Gasteiger partial charge on any atom is 0.203 e. The summed E-state index contributed by atoms with van der Waals surface area (Å²) in [4.78, 5) is 11.7. The van der Waals surface area contributed by atoms with E-state index in [2.05, 4.69) is 6.92 Å². The SMILES string of the molecule is CCCCCCCCC(=O)c1ccoc1Cl. The van der Waals surface area contributed by atoms with Crippen LogP contribution in [0.2, 0.25) is 5.22 Å². The number of furan rings is 1. The Labute approximate surface area is 102 Å². The van der Waals surface area contributed by atoms with Crippen molar-refractivity contribution in [1.82, 2.24) is 0 Å². The fourth-order valence-corrected chi connectivity index (χ4v) is 1.91. The van der Waals surface area contributed by atoms with Gasteiger partial charge in [0.2, 0.25) is 5.22 Å². The molecule has 3 heteroatoms. The average Bonchev–Trinajstić information content (AvgIpc) is 2.69. The third-order valence-corrected chi connectivity index (χ3v) is 2.97. The molecule has 0 saturated heterocycles. The van der Waals surface area contributed by atoms with E-state index < -0.39 is 0 Å². The molecular formula is C13H19ClO2. The van der Waals surface area contributed by atoms with Crippen molar-refractivity contribution in [2.24, 2.45) is 0 Å². The van der Waals surface area contributed by atoms with Gasteiger partial charge in [0.05, 0.1) is 11.8 Å². The van der Waals surface area contributed by atoms with Crippen LogP contribution in [0, 0.1) is 0 Å². The van der Waals surface area contributed by atoms with E-state index in [4.69, 9.17) is 16.0 Å². The molecule has 0 atom stereocenters. The fourth-order valence-electron chi connectivity index (χ4n) is 1.69. The van der Waals surface area contributed by atoms with Crippen LogP contribution in [0.25, 0.3) is 0 Å². The molecular weight excluding hydrogens is 224 g/mol. The van der Waals surface area contributed by atoms with Crippen LogP contribution in [-0.2, 0) is 0 Å². The molecule has 0 fully saturated rings. The van der Waals surface area contributed by atoms with Crippen LogP contribution < -0.4 is 0 Å².